The van der Waals surface area contributed by atoms with Crippen molar-refractivity contribution in [3.05, 3.63) is 45.3 Å². The van der Waals surface area contributed by atoms with Crippen LogP contribution in [0.1, 0.15) is 53.4 Å². The van der Waals surface area contributed by atoms with Crippen LogP contribution in [0.3, 0.4) is 0 Å². The Hall–Kier alpha value is -1.94. The Morgan fingerprint density at radius 3 is 2.64 bits per heavy atom. The number of hydrogen-bond donors (Lipinski definition) is 1. The Balaban J connectivity index is 1.53. The zero-order valence-electron chi connectivity index (χ0n) is 18.4. The number of aryl methyl sites for hydroxylation is 1. The number of amides is 1. The molecule has 1 aliphatic carbocycles. The molecule has 2 aliphatic rings. The van der Waals surface area contributed by atoms with Crippen LogP contribution in [0.25, 0.3) is 0 Å². The van der Waals surface area contributed by atoms with Crippen LogP contribution < -0.4 is 5.32 Å². The molecule has 2 heterocycles. The molecule has 178 valence electrons. The first-order valence-electron chi connectivity index (χ1n) is 11.2. The minimum absolute atomic E-state index is 0.0939. The third-order valence-electron chi connectivity index (χ3n) is 6.09. The SMILES string of the molecule is CCOC(=O)c1c(NC(=O)[C@H]2CCCN(S(=O)(=O)c3ccc(Cl)cc3)C2)sc2c1CCCC2. The van der Waals surface area contributed by atoms with E-state index in [0.29, 0.717) is 35.0 Å². The number of hydrogen-bond acceptors (Lipinski definition) is 6. The van der Waals surface area contributed by atoms with Crippen LogP contribution >= 0.6 is 22.9 Å². The number of nitrogens with zero attached hydrogens (tertiary/aromatic N) is 1. The number of ether oxygens (including phenoxy) is 1. The van der Waals surface area contributed by atoms with Crippen molar-refractivity contribution in [2.45, 2.75) is 50.3 Å². The van der Waals surface area contributed by atoms with E-state index in [0.717, 1.165) is 36.1 Å². The Morgan fingerprint density at radius 1 is 1.18 bits per heavy atom. The van der Waals surface area contributed by atoms with Gasteiger partial charge in [-0.3, -0.25) is 4.79 Å². The maximum Gasteiger partial charge on any atom is 0.341 e. The lowest BCUT2D eigenvalue weighted by atomic mass is 9.95. The molecule has 10 heteroatoms. The summed E-state index contributed by atoms with van der Waals surface area (Å²) >= 11 is 7.32. The number of rotatable bonds is 6. The second-order valence-electron chi connectivity index (χ2n) is 8.28. The first-order valence-corrected chi connectivity index (χ1v) is 13.8. The maximum absolute atomic E-state index is 13.2. The molecule has 1 N–H and O–H groups in total. The van der Waals surface area contributed by atoms with Gasteiger partial charge in [-0.15, -0.1) is 11.3 Å². The Bertz CT molecular complexity index is 1140. The van der Waals surface area contributed by atoms with Crippen molar-refractivity contribution in [3.8, 4) is 0 Å². The molecule has 1 fully saturated rings. The van der Waals surface area contributed by atoms with E-state index in [1.54, 1.807) is 6.92 Å². The van der Waals surface area contributed by atoms with Crippen LogP contribution in [0.15, 0.2) is 29.2 Å². The topological polar surface area (TPSA) is 92.8 Å². The quantitative estimate of drug-likeness (QED) is 0.578. The fraction of sp³-hybridized carbons (Fsp3) is 0.478. The highest BCUT2D eigenvalue weighted by Crippen LogP contribution is 2.39. The first-order chi connectivity index (χ1) is 15.8. The lowest BCUT2D eigenvalue weighted by Gasteiger charge is -2.31. The molecule has 1 aromatic carbocycles. The number of carbonyl (C=O) groups is 2. The van der Waals surface area contributed by atoms with Crippen molar-refractivity contribution in [3.63, 3.8) is 0 Å². The van der Waals surface area contributed by atoms with E-state index in [2.05, 4.69) is 5.32 Å². The third-order valence-corrected chi connectivity index (χ3v) is 9.43. The zero-order valence-corrected chi connectivity index (χ0v) is 20.8. The van der Waals surface area contributed by atoms with Crippen molar-refractivity contribution in [1.82, 2.24) is 4.31 Å². The number of esters is 1. The van der Waals surface area contributed by atoms with Gasteiger partial charge in [-0.25, -0.2) is 13.2 Å². The number of halogens is 1. The van der Waals surface area contributed by atoms with Gasteiger partial charge in [0, 0.05) is 23.0 Å². The number of carbonyl (C=O) groups excluding carboxylic acids is 2. The molecule has 0 radical (unpaired) electrons. The number of anilines is 1. The highest BCUT2D eigenvalue weighted by molar-refractivity contribution is 7.89. The molecule has 4 rings (SSSR count). The third kappa shape index (κ3) is 5.11. The lowest BCUT2D eigenvalue weighted by Crippen LogP contribution is -2.43. The summed E-state index contributed by atoms with van der Waals surface area (Å²) in [5.74, 6) is -1.19. The number of benzene rings is 1. The predicted octanol–water partition coefficient (Wildman–Crippen LogP) is 4.50. The van der Waals surface area contributed by atoms with Crippen molar-refractivity contribution < 1.29 is 22.7 Å². The summed E-state index contributed by atoms with van der Waals surface area (Å²) in [5, 5.41) is 3.91. The molecule has 0 saturated carbocycles. The Kier molecular flexibility index (Phi) is 7.43. The predicted molar refractivity (Wildman–Crippen MR) is 128 cm³/mol. The van der Waals surface area contributed by atoms with Gasteiger partial charge in [-0.2, -0.15) is 4.31 Å². The fourth-order valence-corrected chi connectivity index (χ4v) is 7.35. The smallest absolute Gasteiger partial charge is 0.341 e. The molecular weight excluding hydrogens is 484 g/mol. The number of sulfonamides is 1. The molecule has 2 aromatic rings. The van der Waals surface area contributed by atoms with Crippen molar-refractivity contribution >= 4 is 49.8 Å². The van der Waals surface area contributed by atoms with E-state index in [1.807, 2.05) is 0 Å². The van der Waals surface area contributed by atoms with Crippen LogP contribution in [0.2, 0.25) is 5.02 Å². The molecule has 0 bridgehead atoms. The van der Waals surface area contributed by atoms with Gasteiger partial charge < -0.3 is 10.1 Å². The summed E-state index contributed by atoms with van der Waals surface area (Å²) in [6.07, 6.45) is 4.91. The summed E-state index contributed by atoms with van der Waals surface area (Å²) in [6, 6.07) is 6.03. The van der Waals surface area contributed by atoms with E-state index in [4.69, 9.17) is 16.3 Å². The Morgan fingerprint density at radius 2 is 1.91 bits per heavy atom. The average molecular weight is 511 g/mol. The summed E-state index contributed by atoms with van der Waals surface area (Å²) in [4.78, 5) is 27.1. The lowest BCUT2D eigenvalue weighted by molar-refractivity contribution is -0.120. The van der Waals surface area contributed by atoms with Crippen molar-refractivity contribution in [2.75, 3.05) is 25.0 Å². The van der Waals surface area contributed by atoms with E-state index >= 15 is 0 Å². The monoisotopic (exact) mass is 510 g/mol. The number of piperidine rings is 1. The van der Waals surface area contributed by atoms with Gasteiger partial charge >= 0.3 is 5.97 Å². The first kappa shape index (κ1) is 24.2. The highest BCUT2D eigenvalue weighted by atomic mass is 35.5. The van der Waals surface area contributed by atoms with Crippen LogP contribution in [-0.4, -0.2) is 44.3 Å². The molecule has 1 amide bonds. The molecule has 7 nitrogen and oxygen atoms in total. The van der Waals surface area contributed by atoms with E-state index in [1.165, 1.54) is 39.9 Å². The van der Waals surface area contributed by atoms with Crippen molar-refractivity contribution in [2.24, 2.45) is 5.92 Å². The van der Waals surface area contributed by atoms with Crippen LogP contribution in [-0.2, 0) is 32.4 Å². The molecule has 0 spiro atoms. The molecule has 33 heavy (non-hydrogen) atoms. The second-order valence-corrected chi connectivity index (χ2v) is 11.8. The van der Waals surface area contributed by atoms with Crippen LogP contribution in [0.4, 0.5) is 5.00 Å². The van der Waals surface area contributed by atoms with Gasteiger partial charge in [0.15, 0.2) is 0 Å². The van der Waals surface area contributed by atoms with Crippen LogP contribution in [0, 0.1) is 5.92 Å². The number of fused-ring (bicyclic) bond motifs is 1. The molecule has 1 saturated heterocycles. The summed E-state index contributed by atoms with van der Waals surface area (Å²) in [5.41, 5.74) is 1.45. The summed E-state index contributed by atoms with van der Waals surface area (Å²) in [6.45, 7) is 2.47. The summed E-state index contributed by atoms with van der Waals surface area (Å²) < 4.78 is 32.7. The molecule has 0 unspecified atom stereocenters. The van der Waals surface area contributed by atoms with E-state index < -0.39 is 21.9 Å². The average Bonchev–Trinajstić information content (AvgIpc) is 3.17. The molecule has 1 atom stereocenters. The van der Waals surface area contributed by atoms with Gasteiger partial charge in [0.2, 0.25) is 15.9 Å². The maximum atomic E-state index is 13.2. The largest absolute Gasteiger partial charge is 0.462 e. The molecular formula is C23H27ClN2O5S2. The Labute approximate surface area is 203 Å². The van der Waals surface area contributed by atoms with Gasteiger partial charge in [0.05, 0.1) is 23.0 Å². The second kappa shape index (κ2) is 10.1. The summed E-state index contributed by atoms with van der Waals surface area (Å²) in [7, 11) is -3.73. The van der Waals surface area contributed by atoms with Gasteiger partial charge in [-0.05, 0) is 75.3 Å². The standard InChI is InChI=1S/C23H27ClN2O5S2/c1-2-31-23(28)20-18-7-3-4-8-19(18)32-22(20)25-21(27)15-6-5-13-26(14-15)33(29,30)17-11-9-16(24)10-12-17/h9-12,15H,2-8,13-14H2,1H3,(H,25,27)/t15-/m0/s1. The fourth-order valence-electron chi connectivity index (χ4n) is 4.42. The molecule has 1 aliphatic heterocycles. The zero-order chi connectivity index (χ0) is 23.6. The van der Waals surface area contributed by atoms with Crippen LogP contribution in [0.5, 0.6) is 0 Å². The number of nitrogens with one attached hydrogen (secondary N) is 1. The number of thiophene rings is 1. The minimum atomic E-state index is -3.73. The van der Waals surface area contributed by atoms with Gasteiger partial charge in [-0.1, -0.05) is 11.6 Å². The normalized spacial score (nSPS) is 19.0. The van der Waals surface area contributed by atoms with E-state index in [9.17, 15) is 18.0 Å². The highest BCUT2D eigenvalue weighted by Gasteiger charge is 2.35. The van der Waals surface area contributed by atoms with E-state index in [-0.39, 0.29) is 24.0 Å². The molecule has 1 aromatic heterocycles. The van der Waals surface area contributed by atoms with Gasteiger partial charge in [0.25, 0.3) is 0 Å². The van der Waals surface area contributed by atoms with Crippen molar-refractivity contribution in [1.29, 1.82) is 0 Å². The minimum Gasteiger partial charge on any atom is -0.462 e. The van der Waals surface area contributed by atoms with Gasteiger partial charge in [0.1, 0.15) is 5.00 Å².